The minimum absolute atomic E-state index is 0.142. The van der Waals surface area contributed by atoms with Gasteiger partial charge in [0.05, 0.1) is 22.2 Å². The average Bonchev–Trinajstić information content (AvgIpc) is 2.97. The Labute approximate surface area is 112 Å². The summed E-state index contributed by atoms with van der Waals surface area (Å²) < 4.78 is 23.1. The number of hydrogen-bond donors (Lipinski definition) is 1. The monoisotopic (exact) mass is 286 g/mol. The van der Waals surface area contributed by atoms with Gasteiger partial charge in [0, 0.05) is 23.3 Å². The van der Waals surface area contributed by atoms with Gasteiger partial charge in [-0.15, -0.1) is 11.3 Å². The van der Waals surface area contributed by atoms with E-state index >= 15 is 0 Å². The fraction of sp³-hybridized carbons (Fsp3) is 0.750. The van der Waals surface area contributed by atoms with Crippen LogP contribution in [0.1, 0.15) is 46.7 Å². The van der Waals surface area contributed by atoms with Gasteiger partial charge in [0.1, 0.15) is 0 Å². The summed E-state index contributed by atoms with van der Waals surface area (Å²) in [5.74, 6) is 1.40. The SMILES string of the molecule is CNCc1sc(C2CCS(=O)(=O)C2)nc1C1CC1. The predicted molar refractivity (Wildman–Crippen MR) is 72.9 cm³/mol. The molecule has 1 aromatic heterocycles. The van der Waals surface area contributed by atoms with Crippen molar-refractivity contribution in [3.63, 3.8) is 0 Å². The van der Waals surface area contributed by atoms with Crippen molar-refractivity contribution in [3.05, 3.63) is 15.6 Å². The van der Waals surface area contributed by atoms with E-state index in [9.17, 15) is 8.42 Å². The third-order valence-electron chi connectivity index (χ3n) is 3.63. The van der Waals surface area contributed by atoms with E-state index in [0.29, 0.717) is 17.4 Å². The third kappa shape index (κ3) is 2.46. The highest BCUT2D eigenvalue weighted by molar-refractivity contribution is 7.91. The molecule has 1 saturated heterocycles. The van der Waals surface area contributed by atoms with Gasteiger partial charge in [0.2, 0.25) is 0 Å². The van der Waals surface area contributed by atoms with Crippen molar-refractivity contribution in [2.45, 2.75) is 37.6 Å². The second kappa shape index (κ2) is 4.58. The molecule has 1 aromatic rings. The summed E-state index contributed by atoms with van der Waals surface area (Å²) in [4.78, 5) is 6.06. The van der Waals surface area contributed by atoms with Gasteiger partial charge in [-0.05, 0) is 26.3 Å². The summed E-state index contributed by atoms with van der Waals surface area (Å²) in [6, 6.07) is 0. The summed E-state index contributed by atoms with van der Waals surface area (Å²) in [5, 5.41) is 4.22. The largest absolute Gasteiger partial charge is 0.315 e. The van der Waals surface area contributed by atoms with Gasteiger partial charge >= 0.3 is 0 Å². The Morgan fingerprint density at radius 1 is 1.33 bits per heavy atom. The summed E-state index contributed by atoms with van der Waals surface area (Å²) in [5.41, 5.74) is 1.23. The molecule has 6 heteroatoms. The second-order valence-electron chi connectivity index (χ2n) is 5.27. The minimum Gasteiger partial charge on any atom is -0.315 e. The third-order valence-corrected chi connectivity index (χ3v) is 6.63. The van der Waals surface area contributed by atoms with Crippen LogP contribution < -0.4 is 5.32 Å². The Hall–Kier alpha value is -0.460. The first kappa shape index (κ1) is 12.6. The fourth-order valence-corrected chi connectivity index (χ4v) is 5.66. The first-order valence-electron chi connectivity index (χ1n) is 6.43. The number of sulfone groups is 1. The molecule has 3 rings (SSSR count). The van der Waals surface area contributed by atoms with Crippen LogP contribution in [-0.2, 0) is 16.4 Å². The normalized spacial score (nSPS) is 26.6. The van der Waals surface area contributed by atoms with Crippen molar-refractivity contribution in [2.75, 3.05) is 18.6 Å². The molecule has 0 bridgehead atoms. The van der Waals surface area contributed by atoms with Crippen molar-refractivity contribution < 1.29 is 8.42 Å². The average molecular weight is 286 g/mol. The highest BCUT2D eigenvalue weighted by atomic mass is 32.2. The lowest BCUT2D eigenvalue weighted by atomic mass is 10.1. The minimum atomic E-state index is -2.81. The predicted octanol–water partition coefficient (Wildman–Crippen LogP) is 1.64. The van der Waals surface area contributed by atoms with E-state index in [4.69, 9.17) is 4.98 Å². The van der Waals surface area contributed by atoms with Gasteiger partial charge < -0.3 is 5.32 Å². The molecule has 0 spiro atoms. The zero-order valence-electron chi connectivity index (χ0n) is 10.5. The van der Waals surface area contributed by atoms with Gasteiger partial charge in [-0.25, -0.2) is 13.4 Å². The molecule has 1 N–H and O–H groups in total. The highest BCUT2D eigenvalue weighted by Crippen LogP contribution is 2.44. The molecule has 4 nitrogen and oxygen atoms in total. The van der Waals surface area contributed by atoms with Crippen molar-refractivity contribution in [1.82, 2.24) is 10.3 Å². The maximum atomic E-state index is 11.5. The highest BCUT2D eigenvalue weighted by Gasteiger charge is 2.34. The molecule has 2 aliphatic rings. The number of nitrogens with zero attached hydrogens (tertiary/aromatic N) is 1. The quantitative estimate of drug-likeness (QED) is 0.914. The summed E-state index contributed by atoms with van der Waals surface area (Å²) in [7, 11) is -0.872. The van der Waals surface area contributed by atoms with Crippen molar-refractivity contribution in [2.24, 2.45) is 0 Å². The Morgan fingerprint density at radius 3 is 2.67 bits per heavy atom. The summed E-state index contributed by atoms with van der Waals surface area (Å²) in [6.45, 7) is 0.850. The summed E-state index contributed by atoms with van der Waals surface area (Å²) >= 11 is 1.71. The smallest absolute Gasteiger partial charge is 0.151 e. The molecule has 0 aromatic carbocycles. The molecule has 100 valence electrons. The number of thiazole rings is 1. The molecule has 2 heterocycles. The topological polar surface area (TPSA) is 59.1 Å². The zero-order valence-corrected chi connectivity index (χ0v) is 12.1. The van der Waals surface area contributed by atoms with E-state index in [2.05, 4.69) is 5.32 Å². The first-order chi connectivity index (χ1) is 8.59. The van der Waals surface area contributed by atoms with Gasteiger partial charge in [-0.1, -0.05) is 0 Å². The Kier molecular flexibility index (Phi) is 3.20. The Balaban J connectivity index is 1.86. The molecule has 2 fully saturated rings. The molecule has 1 saturated carbocycles. The van der Waals surface area contributed by atoms with Crippen LogP contribution in [0.2, 0.25) is 0 Å². The first-order valence-corrected chi connectivity index (χ1v) is 9.07. The van der Waals surface area contributed by atoms with Crippen LogP contribution in [0.15, 0.2) is 0 Å². The van der Waals surface area contributed by atoms with Crippen LogP contribution in [0.5, 0.6) is 0 Å². The fourth-order valence-electron chi connectivity index (χ4n) is 2.51. The van der Waals surface area contributed by atoms with Crippen molar-refractivity contribution in [1.29, 1.82) is 0 Å². The van der Waals surface area contributed by atoms with Crippen molar-refractivity contribution in [3.8, 4) is 0 Å². The number of nitrogens with one attached hydrogen (secondary N) is 1. The molecule has 18 heavy (non-hydrogen) atoms. The standard InChI is InChI=1S/C12H18N2O2S2/c1-13-6-10-11(8-2-3-8)14-12(17-10)9-4-5-18(15,16)7-9/h8-9,13H,2-7H2,1H3. The van der Waals surface area contributed by atoms with Gasteiger partial charge in [0.15, 0.2) is 9.84 Å². The van der Waals surface area contributed by atoms with E-state index in [1.54, 1.807) is 11.3 Å². The van der Waals surface area contributed by atoms with E-state index < -0.39 is 9.84 Å². The van der Waals surface area contributed by atoms with Crippen LogP contribution in [0.4, 0.5) is 0 Å². The van der Waals surface area contributed by atoms with Crippen molar-refractivity contribution >= 4 is 21.2 Å². The maximum absolute atomic E-state index is 11.5. The number of aromatic nitrogens is 1. The maximum Gasteiger partial charge on any atom is 0.151 e. The Morgan fingerprint density at radius 2 is 2.11 bits per heavy atom. The van der Waals surface area contributed by atoms with E-state index in [-0.39, 0.29) is 5.92 Å². The second-order valence-corrected chi connectivity index (χ2v) is 8.61. The van der Waals surface area contributed by atoms with Crippen LogP contribution in [-0.4, -0.2) is 32.0 Å². The molecule has 1 aliphatic heterocycles. The zero-order chi connectivity index (χ0) is 12.8. The van der Waals surface area contributed by atoms with Gasteiger partial charge in [-0.2, -0.15) is 0 Å². The number of hydrogen-bond acceptors (Lipinski definition) is 5. The van der Waals surface area contributed by atoms with Crippen LogP contribution in [0.25, 0.3) is 0 Å². The molecular weight excluding hydrogens is 268 g/mol. The van der Waals surface area contributed by atoms with Crippen LogP contribution in [0, 0.1) is 0 Å². The molecular formula is C12H18N2O2S2. The van der Waals surface area contributed by atoms with Gasteiger partial charge in [0.25, 0.3) is 0 Å². The molecule has 0 amide bonds. The van der Waals surface area contributed by atoms with E-state index in [1.807, 2.05) is 7.05 Å². The molecule has 1 atom stereocenters. The Bertz CT molecular complexity index is 546. The molecule has 1 unspecified atom stereocenters. The van der Waals surface area contributed by atoms with Gasteiger partial charge in [-0.3, -0.25) is 0 Å². The summed E-state index contributed by atoms with van der Waals surface area (Å²) in [6.07, 6.45) is 3.23. The lowest BCUT2D eigenvalue weighted by Gasteiger charge is -2.01. The van der Waals surface area contributed by atoms with Crippen LogP contribution in [0.3, 0.4) is 0 Å². The van der Waals surface area contributed by atoms with Crippen LogP contribution >= 0.6 is 11.3 Å². The lowest BCUT2D eigenvalue weighted by Crippen LogP contribution is -2.05. The molecule has 0 radical (unpaired) electrons. The lowest BCUT2D eigenvalue weighted by molar-refractivity contribution is 0.601. The van der Waals surface area contributed by atoms with E-state index in [1.165, 1.54) is 23.4 Å². The van der Waals surface area contributed by atoms with E-state index in [0.717, 1.165) is 18.0 Å². The molecule has 1 aliphatic carbocycles. The number of rotatable bonds is 4.